The van der Waals surface area contributed by atoms with Gasteiger partial charge in [-0.05, 0) is 71.0 Å². The van der Waals surface area contributed by atoms with E-state index < -0.39 is 16.6 Å². The number of hydrogen-bond donors (Lipinski definition) is 1. The van der Waals surface area contributed by atoms with Gasteiger partial charge in [-0.25, -0.2) is 4.39 Å². The molecule has 1 N–H and O–H groups in total. The molecule has 10 heteroatoms. The second kappa shape index (κ2) is 11.9. The molecule has 0 radical (unpaired) electrons. The number of nitro benzene ring substituents is 1. The minimum atomic E-state index is -0.753. The van der Waals surface area contributed by atoms with Gasteiger partial charge in [-0.2, -0.15) is 5.26 Å². The number of hydrogen-bond acceptors (Lipinski definition) is 6. The molecule has 0 saturated carbocycles. The van der Waals surface area contributed by atoms with Crippen LogP contribution in [0.1, 0.15) is 18.1 Å². The van der Waals surface area contributed by atoms with E-state index in [1.165, 1.54) is 36.4 Å². The highest BCUT2D eigenvalue weighted by Gasteiger charge is 2.16. The van der Waals surface area contributed by atoms with Crippen LogP contribution in [0.15, 0.2) is 66.2 Å². The molecule has 0 fully saturated rings. The molecule has 35 heavy (non-hydrogen) atoms. The van der Waals surface area contributed by atoms with Crippen molar-refractivity contribution in [2.75, 3.05) is 11.9 Å². The minimum Gasteiger partial charge on any atom is -0.490 e. The van der Waals surface area contributed by atoms with Crippen molar-refractivity contribution in [2.24, 2.45) is 0 Å². The number of anilines is 1. The number of nitro groups is 1. The van der Waals surface area contributed by atoms with Crippen molar-refractivity contribution >= 4 is 45.9 Å². The largest absolute Gasteiger partial charge is 0.490 e. The summed E-state index contributed by atoms with van der Waals surface area (Å²) in [5.41, 5.74) is 0.813. The Morgan fingerprint density at radius 3 is 2.66 bits per heavy atom. The molecule has 0 spiro atoms. The summed E-state index contributed by atoms with van der Waals surface area (Å²) in [4.78, 5) is 23.1. The fourth-order valence-corrected chi connectivity index (χ4v) is 3.84. The predicted molar refractivity (Wildman–Crippen MR) is 136 cm³/mol. The first-order chi connectivity index (χ1) is 16.8. The van der Waals surface area contributed by atoms with Crippen molar-refractivity contribution in [3.05, 3.63) is 96.9 Å². The number of benzene rings is 3. The van der Waals surface area contributed by atoms with Gasteiger partial charge in [-0.15, -0.1) is 0 Å². The summed E-state index contributed by atoms with van der Waals surface area (Å²) in [6.07, 6.45) is 1.37. The van der Waals surface area contributed by atoms with Crippen molar-refractivity contribution in [3.63, 3.8) is 0 Å². The van der Waals surface area contributed by atoms with Crippen molar-refractivity contribution in [1.29, 1.82) is 5.26 Å². The Morgan fingerprint density at radius 2 is 1.97 bits per heavy atom. The highest BCUT2D eigenvalue weighted by Crippen LogP contribution is 2.35. The average molecular weight is 587 g/mol. The second-order valence-corrected chi connectivity index (χ2v) is 8.24. The van der Waals surface area contributed by atoms with E-state index in [0.29, 0.717) is 32.8 Å². The lowest BCUT2D eigenvalue weighted by Crippen LogP contribution is -2.14. The Bertz CT molecular complexity index is 1340. The van der Waals surface area contributed by atoms with Gasteiger partial charge in [-0.1, -0.05) is 24.3 Å². The standard InChI is InChI=1S/C25H19FIN3O5/c1-2-34-23-13-17(10-18(14-28)25(31)29-22-9-4-3-8-20(22)26)12-21(27)24(23)35-15-16-6-5-7-19(11-16)30(32)33/h3-13H,2,15H2,1H3,(H,29,31)/b18-10-. The van der Waals surface area contributed by atoms with Crippen LogP contribution in [0.3, 0.4) is 0 Å². The number of halogens is 2. The minimum absolute atomic E-state index is 0.0341. The maximum atomic E-state index is 13.9. The van der Waals surface area contributed by atoms with Crippen molar-refractivity contribution in [3.8, 4) is 17.6 Å². The number of nitriles is 1. The van der Waals surface area contributed by atoms with Crippen LogP contribution >= 0.6 is 22.6 Å². The number of rotatable bonds is 9. The Hall–Kier alpha value is -3.98. The zero-order valence-corrected chi connectivity index (χ0v) is 20.6. The first-order valence-corrected chi connectivity index (χ1v) is 11.4. The van der Waals surface area contributed by atoms with Crippen LogP contribution in [0, 0.1) is 30.8 Å². The fourth-order valence-electron chi connectivity index (χ4n) is 3.06. The molecular formula is C25H19FIN3O5. The second-order valence-electron chi connectivity index (χ2n) is 7.08. The molecule has 0 aliphatic carbocycles. The summed E-state index contributed by atoms with van der Waals surface area (Å²) >= 11 is 2.03. The third-order valence-electron chi connectivity index (χ3n) is 4.63. The maximum Gasteiger partial charge on any atom is 0.269 e. The van der Waals surface area contributed by atoms with E-state index in [1.54, 1.807) is 37.3 Å². The number of carbonyl (C=O) groups excluding carboxylic acids is 1. The summed E-state index contributed by atoms with van der Waals surface area (Å²) in [6.45, 7) is 2.19. The average Bonchev–Trinajstić information content (AvgIpc) is 2.83. The number of para-hydroxylation sites is 1. The maximum absolute atomic E-state index is 13.9. The van der Waals surface area contributed by atoms with Gasteiger partial charge in [0.1, 0.15) is 24.1 Å². The molecule has 3 aromatic rings. The molecule has 8 nitrogen and oxygen atoms in total. The van der Waals surface area contributed by atoms with Gasteiger partial charge in [0.15, 0.2) is 11.5 Å². The quantitative estimate of drug-likeness (QED) is 0.110. The molecule has 0 heterocycles. The normalized spacial score (nSPS) is 10.9. The third-order valence-corrected chi connectivity index (χ3v) is 5.44. The SMILES string of the molecule is CCOc1cc(/C=C(/C#N)C(=O)Nc2ccccc2F)cc(I)c1OCc1cccc([N+](=O)[O-])c1. The first kappa shape index (κ1) is 25.6. The highest BCUT2D eigenvalue weighted by molar-refractivity contribution is 14.1. The summed E-state index contributed by atoms with van der Waals surface area (Å²) < 4.78 is 26.1. The van der Waals surface area contributed by atoms with Crippen LogP contribution in [0.5, 0.6) is 11.5 Å². The number of nitrogens with one attached hydrogen (secondary N) is 1. The zero-order valence-electron chi connectivity index (χ0n) is 18.5. The molecule has 0 aromatic heterocycles. The molecule has 0 saturated heterocycles. The van der Waals surface area contributed by atoms with Gasteiger partial charge in [0.05, 0.1) is 20.8 Å². The molecule has 0 bridgehead atoms. The number of amides is 1. The fraction of sp³-hybridized carbons (Fsp3) is 0.120. The van der Waals surface area contributed by atoms with Crippen LogP contribution in [0.2, 0.25) is 0 Å². The van der Waals surface area contributed by atoms with Gasteiger partial charge >= 0.3 is 0 Å². The van der Waals surface area contributed by atoms with Crippen LogP contribution < -0.4 is 14.8 Å². The summed E-state index contributed by atoms with van der Waals surface area (Å²) in [5, 5.41) is 22.9. The highest BCUT2D eigenvalue weighted by atomic mass is 127. The lowest BCUT2D eigenvalue weighted by atomic mass is 10.1. The monoisotopic (exact) mass is 587 g/mol. The van der Waals surface area contributed by atoms with Gasteiger partial charge in [-0.3, -0.25) is 14.9 Å². The lowest BCUT2D eigenvalue weighted by molar-refractivity contribution is -0.384. The molecular weight excluding hydrogens is 568 g/mol. The Morgan fingerprint density at radius 1 is 1.20 bits per heavy atom. The molecule has 3 rings (SSSR count). The number of non-ortho nitro benzene ring substituents is 1. The van der Waals surface area contributed by atoms with Crippen LogP contribution in [0.4, 0.5) is 15.8 Å². The van der Waals surface area contributed by atoms with Gasteiger partial charge < -0.3 is 14.8 Å². The topological polar surface area (TPSA) is 114 Å². The summed E-state index contributed by atoms with van der Waals surface area (Å²) in [5.74, 6) is -0.568. The zero-order chi connectivity index (χ0) is 25.4. The van der Waals surface area contributed by atoms with Crippen molar-refractivity contribution in [1.82, 2.24) is 0 Å². The molecule has 0 unspecified atom stereocenters. The van der Waals surface area contributed by atoms with Crippen LogP contribution in [-0.4, -0.2) is 17.4 Å². The number of nitrogens with zero attached hydrogens (tertiary/aromatic N) is 2. The first-order valence-electron chi connectivity index (χ1n) is 10.3. The lowest BCUT2D eigenvalue weighted by Gasteiger charge is -2.15. The van der Waals surface area contributed by atoms with E-state index in [4.69, 9.17) is 9.47 Å². The van der Waals surface area contributed by atoms with E-state index in [2.05, 4.69) is 5.32 Å². The van der Waals surface area contributed by atoms with E-state index in [9.17, 15) is 24.6 Å². The molecule has 178 valence electrons. The smallest absolute Gasteiger partial charge is 0.269 e. The molecule has 0 atom stereocenters. The van der Waals surface area contributed by atoms with Gasteiger partial charge in [0.25, 0.3) is 11.6 Å². The molecule has 1 amide bonds. The van der Waals surface area contributed by atoms with E-state index in [0.717, 1.165) is 0 Å². The van der Waals surface area contributed by atoms with Crippen molar-refractivity contribution in [2.45, 2.75) is 13.5 Å². The molecule has 3 aromatic carbocycles. The van der Waals surface area contributed by atoms with Crippen molar-refractivity contribution < 1.29 is 23.6 Å². The Balaban J connectivity index is 1.86. The number of ether oxygens (including phenoxy) is 2. The Labute approximate surface area is 214 Å². The van der Waals surface area contributed by atoms with Gasteiger partial charge in [0.2, 0.25) is 0 Å². The molecule has 0 aliphatic heterocycles. The summed E-state index contributed by atoms with van der Waals surface area (Å²) in [7, 11) is 0. The van der Waals surface area contributed by atoms with E-state index in [-0.39, 0.29) is 23.6 Å². The summed E-state index contributed by atoms with van der Waals surface area (Å²) in [6, 6.07) is 16.9. The number of carbonyl (C=O) groups is 1. The van der Waals surface area contributed by atoms with E-state index in [1.807, 2.05) is 28.7 Å². The Kier molecular flexibility index (Phi) is 8.74. The van der Waals surface area contributed by atoms with Crippen LogP contribution in [0.25, 0.3) is 6.08 Å². The third kappa shape index (κ3) is 6.77. The van der Waals surface area contributed by atoms with Gasteiger partial charge in [0, 0.05) is 12.1 Å². The van der Waals surface area contributed by atoms with Crippen LogP contribution in [-0.2, 0) is 11.4 Å². The predicted octanol–water partition coefficient (Wildman–Crippen LogP) is 5.86. The molecule has 0 aliphatic rings. The van der Waals surface area contributed by atoms with E-state index >= 15 is 0 Å².